The van der Waals surface area contributed by atoms with Crippen molar-refractivity contribution in [3.8, 4) is 11.8 Å². The fraction of sp³-hybridized carbons (Fsp3) is 0.364. The smallest absolute Gasteiger partial charge is 0.256 e. The van der Waals surface area contributed by atoms with E-state index < -0.39 is 0 Å². The SMILES string of the molecule is COc1ccc(C(=O)NC2CCc3nnc(Cc4ccccc4)n3CC2)c(OC)n1. The van der Waals surface area contributed by atoms with Crippen LogP contribution in [0.2, 0.25) is 0 Å². The number of nitrogens with zero attached hydrogens (tertiary/aromatic N) is 4. The molecule has 0 radical (unpaired) electrons. The molecule has 8 heteroatoms. The van der Waals surface area contributed by atoms with Gasteiger partial charge in [0.1, 0.15) is 17.2 Å². The van der Waals surface area contributed by atoms with Crippen molar-refractivity contribution in [2.24, 2.45) is 0 Å². The van der Waals surface area contributed by atoms with Crippen LogP contribution in [0, 0.1) is 0 Å². The third-order valence-corrected chi connectivity index (χ3v) is 5.34. The second-order valence-corrected chi connectivity index (χ2v) is 7.25. The van der Waals surface area contributed by atoms with Crippen LogP contribution in [0.1, 0.15) is 40.4 Å². The molecule has 0 bridgehead atoms. The molecule has 1 amide bonds. The molecular formula is C22H25N5O3. The van der Waals surface area contributed by atoms with Crippen LogP contribution in [0.4, 0.5) is 0 Å². The minimum absolute atomic E-state index is 0.0376. The molecule has 1 unspecified atom stereocenters. The highest BCUT2D eigenvalue weighted by molar-refractivity contribution is 5.96. The Bertz CT molecular complexity index is 1020. The number of aryl methyl sites for hydroxylation is 1. The summed E-state index contributed by atoms with van der Waals surface area (Å²) in [6.07, 6.45) is 3.13. The molecule has 0 aliphatic carbocycles. The van der Waals surface area contributed by atoms with Crippen molar-refractivity contribution in [2.45, 2.75) is 38.3 Å². The van der Waals surface area contributed by atoms with Crippen molar-refractivity contribution < 1.29 is 14.3 Å². The lowest BCUT2D eigenvalue weighted by molar-refractivity contribution is 0.0929. The van der Waals surface area contributed by atoms with E-state index >= 15 is 0 Å². The van der Waals surface area contributed by atoms with Gasteiger partial charge in [-0.15, -0.1) is 10.2 Å². The maximum Gasteiger partial charge on any atom is 0.256 e. The van der Waals surface area contributed by atoms with Crippen LogP contribution in [-0.2, 0) is 19.4 Å². The number of ether oxygens (including phenoxy) is 2. The summed E-state index contributed by atoms with van der Waals surface area (Å²) in [6.45, 7) is 0.771. The van der Waals surface area contributed by atoms with Gasteiger partial charge in [0.15, 0.2) is 0 Å². The van der Waals surface area contributed by atoms with Gasteiger partial charge in [-0.25, -0.2) is 0 Å². The molecule has 1 aliphatic rings. The summed E-state index contributed by atoms with van der Waals surface area (Å²) in [5.41, 5.74) is 1.60. The molecule has 156 valence electrons. The minimum atomic E-state index is -0.200. The van der Waals surface area contributed by atoms with Crippen LogP contribution in [0.5, 0.6) is 11.8 Å². The van der Waals surface area contributed by atoms with Crippen molar-refractivity contribution >= 4 is 5.91 Å². The van der Waals surface area contributed by atoms with Crippen molar-refractivity contribution in [2.75, 3.05) is 14.2 Å². The van der Waals surface area contributed by atoms with E-state index in [0.717, 1.165) is 43.9 Å². The van der Waals surface area contributed by atoms with E-state index in [9.17, 15) is 4.79 Å². The Morgan fingerprint density at radius 2 is 1.93 bits per heavy atom. The largest absolute Gasteiger partial charge is 0.481 e. The molecule has 3 heterocycles. The number of benzene rings is 1. The first-order valence-corrected chi connectivity index (χ1v) is 10.0. The standard InChI is InChI=1S/C22H25N5O3/c1-29-20-11-9-17(22(24-20)30-2)21(28)23-16-8-10-18-25-26-19(27(18)13-12-16)14-15-6-4-3-5-7-15/h3-7,9,11,16H,8,10,12-14H2,1-2H3,(H,23,28). The summed E-state index contributed by atoms with van der Waals surface area (Å²) in [5, 5.41) is 11.9. The van der Waals surface area contributed by atoms with E-state index in [1.54, 1.807) is 12.1 Å². The number of amides is 1. The Labute approximate surface area is 175 Å². The molecule has 2 aromatic heterocycles. The van der Waals surface area contributed by atoms with Gasteiger partial charge in [-0.3, -0.25) is 4.79 Å². The molecule has 0 fully saturated rings. The number of aromatic nitrogens is 4. The zero-order valence-corrected chi connectivity index (χ0v) is 17.2. The Morgan fingerprint density at radius 1 is 1.10 bits per heavy atom. The summed E-state index contributed by atoms with van der Waals surface area (Å²) >= 11 is 0. The number of fused-ring (bicyclic) bond motifs is 1. The van der Waals surface area contributed by atoms with Gasteiger partial charge in [-0.2, -0.15) is 4.98 Å². The lowest BCUT2D eigenvalue weighted by Crippen LogP contribution is -2.35. The highest BCUT2D eigenvalue weighted by Gasteiger charge is 2.23. The monoisotopic (exact) mass is 407 g/mol. The first-order valence-electron chi connectivity index (χ1n) is 10.0. The van der Waals surface area contributed by atoms with E-state index in [1.807, 2.05) is 18.2 Å². The second kappa shape index (κ2) is 8.94. The molecule has 1 aromatic carbocycles. The van der Waals surface area contributed by atoms with Gasteiger partial charge in [-0.1, -0.05) is 30.3 Å². The molecule has 1 atom stereocenters. The summed E-state index contributed by atoms with van der Waals surface area (Å²) in [4.78, 5) is 17.0. The minimum Gasteiger partial charge on any atom is -0.481 e. The third kappa shape index (κ3) is 4.27. The maximum absolute atomic E-state index is 12.8. The van der Waals surface area contributed by atoms with Crippen molar-refractivity contribution in [3.63, 3.8) is 0 Å². The fourth-order valence-electron chi connectivity index (χ4n) is 3.73. The molecule has 4 rings (SSSR count). The number of methoxy groups -OCH3 is 2. The van der Waals surface area contributed by atoms with Gasteiger partial charge in [-0.05, 0) is 24.5 Å². The van der Waals surface area contributed by atoms with Gasteiger partial charge < -0.3 is 19.4 Å². The first-order chi connectivity index (χ1) is 14.7. The van der Waals surface area contributed by atoms with E-state index in [-0.39, 0.29) is 17.8 Å². The van der Waals surface area contributed by atoms with Gasteiger partial charge in [0.2, 0.25) is 11.8 Å². The number of hydrogen-bond donors (Lipinski definition) is 1. The highest BCUT2D eigenvalue weighted by Crippen LogP contribution is 2.21. The van der Waals surface area contributed by atoms with Crippen molar-refractivity contribution in [1.82, 2.24) is 25.1 Å². The number of rotatable bonds is 6. The molecule has 8 nitrogen and oxygen atoms in total. The third-order valence-electron chi connectivity index (χ3n) is 5.34. The average Bonchev–Trinajstić information content (AvgIpc) is 3.04. The van der Waals surface area contributed by atoms with Crippen molar-refractivity contribution in [3.05, 3.63) is 65.2 Å². The van der Waals surface area contributed by atoms with Crippen LogP contribution < -0.4 is 14.8 Å². The normalized spacial score (nSPS) is 15.7. The summed E-state index contributed by atoms with van der Waals surface area (Å²) < 4.78 is 12.5. The van der Waals surface area contributed by atoms with Crippen LogP contribution in [0.3, 0.4) is 0 Å². The fourth-order valence-corrected chi connectivity index (χ4v) is 3.73. The zero-order chi connectivity index (χ0) is 20.9. The number of pyridine rings is 1. The topological polar surface area (TPSA) is 91.2 Å². The van der Waals surface area contributed by atoms with Crippen LogP contribution in [0.15, 0.2) is 42.5 Å². The Morgan fingerprint density at radius 3 is 2.70 bits per heavy atom. The van der Waals surface area contributed by atoms with E-state index in [0.29, 0.717) is 11.4 Å². The zero-order valence-electron chi connectivity index (χ0n) is 17.2. The van der Waals surface area contributed by atoms with Crippen LogP contribution >= 0.6 is 0 Å². The Balaban J connectivity index is 1.43. The van der Waals surface area contributed by atoms with Gasteiger partial charge >= 0.3 is 0 Å². The number of nitrogens with one attached hydrogen (secondary N) is 1. The number of carbonyl (C=O) groups excluding carboxylic acids is 1. The summed E-state index contributed by atoms with van der Waals surface area (Å²) in [6, 6.07) is 13.6. The van der Waals surface area contributed by atoms with Crippen LogP contribution in [0.25, 0.3) is 0 Å². The molecular weight excluding hydrogens is 382 g/mol. The van der Waals surface area contributed by atoms with Crippen LogP contribution in [-0.4, -0.2) is 45.9 Å². The maximum atomic E-state index is 12.8. The quantitative estimate of drug-likeness (QED) is 0.675. The molecule has 0 spiro atoms. The number of hydrogen-bond acceptors (Lipinski definition) is 6. The average molecular weight is 407 g/mol. The Kier molecular flexibility index (Phi) is 5.92. The molecule has 1 aliphatic heterocycles. The molecule has 3 aromatic rings. The molecule has 30 heavy (non-hydrogen) atoms. The predicted octanol–water partition coefficient (Wildman–Crippen LogP) is 2.42. The Hall–Kier alpha value is -3.42. The lowest BCUT2D eigenvalue weighted by atomic mass is 10.1. The molecule has 0 saturated heterocycles. The lowest BCUT2D eigenvalue weighted by Gasteiger charge is -2.17. The van der Waals surface area contributed by atoms with Gasteiger partial charge in [0, 0.05) is 31.5 Å². The highest BCUT2D eigenvalue weighted by atomic mass is 16.5. The van der Waals surface area contributed by atoms with Gasteiger partial charge in [0.05, 0.1) is 14.2 Å². The van der Waals surface area contributed by atoms with Crippen molar-refractivity contribution in [1.29, 1.82) is 0 Å². The number of carbonyl (C=O) groups is 1. The predicted molar refractivity (Wildman–Crippen MR) is 111 cm³/mol. The summed E-state index contributed by atoms with van der Waals surface area (Å²) in [5.74, 6) is 2.39. The van der Waals surface area contributed by atoms with E-state index in [4.69, 9.17) is 9.47 Å². The van der Waals surface area contributed by atoms with E-state index in [2.05, 4.69) is 37.2 Å². The summed E-state index contributed by atoms with van der Waals surface area (Å²) in [7, 11) is 3.02. The molecule has 0 saturated carbocycles. The second-order valence-electron chi connectivity index (χ2n) is 7.25. The first kappa shape index (κ1) is 19.9. The van der Waals surface area contributed by atoms with E-state index in [1.165, 1.54) is 19.8 Å². The molecule has 1 N–H and O–H groups in total. The van der Waals surface area contributed by atoms with Gasteiger partial charge in [0.25, 0.3) is 5.91 Å².